The van der Waals surface area contributed by atoms with Crippen LogP contribution in [0.1, 0.15) is 36.0 Å². The normalized spacial score (nSPS) is 27.8. The van der Waals surface area contributed by atoms with E-state index in [9.17, 15) is 19.0 Å². The van der Waals surface area contributed by atoms with Crippen LogP contribution in [0.3, 0.4) is 0 Å². The third-order valence-electron chi connectivity index (χ3n) is 4.83. The molecule has 120 valence electrons. The second-order valence-corrected chi connectivity index (χ2v) is 6.39. The predicted molar refractivity (Wildman–Crippen MR) is 80.0 cm³/mol. The zero-order valence-electron chi connectivity index (χ0n) is 12.2. The molecule has 23 heavy (non-hydrogen) atoms. The molecule has 1 aliphatic carbocycles. The van der Waals surface area contributed by atoms with Crippen LogP contribution in [0.15, 0.2) is 42.5 Å². The number of halogens is 2. The van der Waals surface area contributed by atoms with Crippen LogP contribution in [0.25, 0.3) is 0 Å². The van der Waals surface area contributed by atoms with E-state index in [1.807, 2.05) is 0 Å². The average Bonchev–Trinajstić information content (AvgIpc) is 2.83. The van der Waals surface area contributed by atoms with Crippen LogP contribution in [0.2, 0.25) is 0 Å². The Morgan fingerprint density at radius 1 is 0.957 bits per heavy atom. The molecule has 0 aromatic heterocycles. The van der Waals surface area contributed by atoms with Gasteiger partial charge in [0.25, 0.3) is 0 Å². The maximum absolute atomic E-state index is 14.0. The Balaban J connectivity index is 1.80. The molecule has 2 aromatic carbocycles. The number of phenols is 2. The van der Waals surface area contributed by atoms with E-state index in [1.54, 1.807) is 18.2 Å². The van der Waals surface area contributed by atoms with Gasteiger partial charge < -0.3 is 14.9 Å². The summed E-state index contributed by atoms with van der Waals surface area (Å²) in [6, 6.07) is 11.1. The van der Waals surface area contributed by atoms with Crippen molar-refractivity contribution in [1.82, 2.24) is 0 Å². The standard InChI is InChI=1S/C18H16F2O3/c19-18(20)8-14-13-7-12(22)5-6-16(13)23-17(15(14)9-18)10-1-3-11(21)4-2-10/h1-7,14-15,17,21-22H,8-9H2/t14?,15-,17-/m1/s1. The summed E-state index contributed by atoms with van der Waals surface area (Å²) in [5, 5.41) is 19.1. The van der Waals surface area contributed by atoms with Crippen LogP contribution in [-0.4, -0.2) is 16.1 Å². The monoisotopic (exact) mass is 318 g/mol. The first-order valence-corrected chi connectivity index (χ1v) is 7.59. The fourth-order valence-electron chi connectivity index (χ4n) is 3.84. The Hall–Kier alpha value is -2.30. The summed E-state index contributed by atoms with van der Waals surface area (Å²) in [5.74, 6) is -2.71. The third kappa shape index (κ3) is 2.40. The molecule has 0 radical (unpaired) electrons. The molecule has 3 nitrogen and oxygen atoms in total. The van der Waals surface area contributed by atoms with Gasteiger partial charge in [0, 0.05) is 30.2 Å². The van der Waals surface area contributed by atoms with Gasteiger partial charge in [0.05, 0.1) is 0 Å². The molecule has 1 unspecified atom stereocenters. The van der Waals surface area contributed by atoms with Crippen LogP contribution in [-0.2, 0) is 0 Å². The number of benzene rings is 2. The first kappa shape index (κ1) is 14.3. The Kier molecular flexibility index (Phi) is 3.01. The molecule has 2 aromatic rings. The van der Waals surface area contributed by atoms with Gasteiger partial charge in [-0.1, -0.05) is 12.1 Å². The molecule has 0 bridgehead atoms. The molecule has 1 aliphatic heterocycles. The molecule has 1 fully saturated rings. The maximum atomic E-state index is 14.0. The van der Waals surface area contributed by atoms with E-state index in [0.717, 1.165) is 5.56 Å². The summed E-state index contributed by atoms with van der Waals surface area (Å²) < 4.78 is 34.1. The number of hydrogen-bond donors (Lipinski definition) is 2. The number of ether oxygens (including phenoxy) is 1. The van der Waals surface area contributed by atoms with Gasteiger partial charge in [-0.2, -0.15) is 0 Å². The summed E-state index contributed by atoms with van der Waals surface area (Å²) >= 11 is 0. The van der Waals surface area contributed by atoms with Crippen molar-refractivity contribution < 1.29 is 23.7 Å². The van der Waals surface area contributed by atoms with E-state index in [0.29, 0.717) is 11.3 Å². The molecule has 5 heteroatoms. The lowest BCUT2D eigenvalue weighted by atomic mass is 9.80. The molecule has 1 heterocycles. The molecule has 0 spiro atoms. The van der Waals surface area contributed by atoms with Gasteiger partial charge in [-0.15, -0.1) is 0 Å². The SMILES string of the molecule is Oc1ccc([C@H]2Oc3ccc(O)cc3C3CC(F)(F)C[C@H]32)cc1. The fourth-order valence-corrected chi connectivity index (χ4v) is 3.84. The maximum Gasteiger partial charge on any atom is 0.249 e. The number of fused-ring (bicyclic) bond motifs is 3. The summed E-state index contributed by atoms with van der Waals surface area (Å²) in [5.41, 5.74) is 1.43. The minimum Gasteiger partial charge on any atom is -0.508 e. The van der Waals surface area contributed by atoms with E-state index >= 15 is 0 Å². The Morgan fingerprint density at radius 2 is 1.65 bits per heavy atom. The van der Waals surface area contributed by atoms with E-state index in [4.69, 9.17) is 4.74 Å². The van der Waals surface area contributed by atoms with Crippen LogP contribution in [0.5, 0.6) is 17.2 Å². The van der Waals surface area contributed by atoms with Crippen molar-refractivity contribution in [1.29, 1.82) is 0 Å². The van der Waals surface area contributed by atoms with Crippen molar-refractivity contribution in [2.24, 2.45) is 5.92 Å². The van der Waals surface area contributed by atoms with Gasteiger partial charge in [0.2, 0.25) is 5.92 Å². The molecule has 2 aliphatic rings. The molecule has 4 rings (SSSR count). The lowest BCUT2D eigenvalue weighted by molar-refractivity contribution is -0.00231. The lowest BCUT2D eigenvalue weighted by Gasteiger charge is -2.36. The van der Waals surface area contributed by atoms with Crippen LogP contribution < -0.4 is 4.74 Å². The third-order valence-corrected chi connectivity index (χ3v) is 4.83. The highest BCUT2D eigenvalue weighted by Crippen LogP contribution is 2.58. The van der Waals surface area contributed by atoms with E-state index in [2.05, 4.69) is 0 Å². The number of phenolic OH excluding ortho intramolecular Hbond substituents is 2. The van der Waals surface area contributed by atoms with Crippen LogP contribution in [0, 0.1) is 5.92 Å². The highest BCUT2D eigenvalue weighted by Gasteiger charge is 2.53. The van der Waals surface area contributed by atoms with E-state index in [-0.39, 0.29) is 36.2 Å². The van der Waals surface area contributed by atoms with E-state index < -0.39 is 12.0 Å². The summed E-state index contributed by atoms with van der Waals surface area (Å²) in [6.07, 6.45) is -0.948. The van der Waals surface area contributed by atoms with Crippen molar-refractivity contribution in [3.63, 3.8) is 0 Å². The van der Waals surface area contributed by atoms with Gasteiger partial charge in [-0.05, 0) is 35.9 Å². The highest BCUT2D eigenvalue weighted by atomic mass is 19.3. The lowest BCUT2D eigenvalue weighted by Crippen LogP contribution is -2.26. The first-order valence-electron chi connectivity index (χ1n) is 7.59. The quantitative estimate of drug-likeness (QED) is 0.821. The zero-order valence-corrected chi connectivity index (χ0v) is 12.2. The van der Waals surface area contributed by atoms with Gasteiger partial charge in [0.1, 0.15) is 23.4 Å². The number of aromatic hydroxyl groups is 2. The highest BCUT2D eigenvalue weighted by molar-refractivity contribution is 5.46. The first-order chi connectivity index (χ1) is 10.9. The second kappa shape index (κ2) is 4.85. The smallest absolute Gasteiger partial charge is 0.249 e. The van der Waals surface area contributed by atoms with Crippen molar-refractivity contribution in [2.45, 2.75) is 30.8 Å². The largest absolute Gasteiger partial charge is 0.508 e. The van der Waals surface area contributed by atoms with Crippen molar-refractivity contribution in [2.75, 3.05) is 0 Å². The van der Waals surface area contributed by atoms with E-state index in [1.165, 1.54) is 24.3 Å². The molecule has 1 saturated carbocycles. The number of hydrogen-bond acceptors (Lipinski definition) is 3. The molecule has 0 amide bonds. The average molecular weight is 318 g/mol. The van der Waals surface area contributed by atoms with Crippen molar-refractivity contribution >= 4 is 0 Å². The minimum atomic E-state index is -2.74. The Bertz CT molecular complexity index is 742. The van der Waals surface area contributed by atoms with Crippen LogP contribution >= 0.6 is 0 Å². The zero-order chi connectivity index (χ0) is 16.2. The number of rotatable bonds is 1. The van der Waals surface area contributed by atoms with Gasteiger partial charge in [-0.25, -0.2) is 8.78 Å². The fraction of sp³-hybridized carbons (Fsp3) is 0.333. The minimum absolute atomic E-state index is 0.0596. The van der Waals surface area contributed by atoms with Crippen molar-refractivity contribution in [3.05, 3.63) is 53.6 Å². The van der Waals surface area contributed by atoms with Gasteiger partial charge in [-0.3, -0.25) is 0 Å². The molecular formula is C18H16F2O3. The van der Waals surface area contributed by atoms with Crippen molar-refractivity contribution in [3.8, 4) is 17.2 Å². The molecule has 0 saturated heterocycles. The topological polar surface area (TPSA) is 49.7 Å². The molecule has 2 N–H and O–H groups in total. The summed E-state index contributed by atoms with van der Waals surface area (Å²) in [4.78, 5) is 0. The second-order valence-electron chi connectivity index (χ2n) is 6.39. The molecular weight excluding hydrogens is 302 g/mol. The predicted octanol–water partition coefficient (Wildman–Crippen LogP) is 4.36. The number of alkyl halides is 2. The Labute approximate surface area is 132 Å². The van der Waals surface area contributed by atoms with Crippen LogP contribution in [0.4, 0.5) is 8.78 Å². The summed E-state index contributed by atoms with van der Waals surface area (Å²) in [6.45, 7) is 0. The van der Waals surface area contributed by atoms with Gasteiger partial charge in [0.15, 0.2) is 0 Å². The summed E-state index contributed by atoms with van der Waals surface area (Å²) in [7, 11) is 0. The molecule has 3 atom stereocenters. The van der Waals surface area contributed by atoms with Gasteiger partial charge >= 0.3 is 0 Å². The Morgan fingerprint density at radius 3 is 2.39 bits per heavy atom.